The predicted octanol–water partition coefficient (Wildman–Crippen LogP) is 2.19. The van der Waals surface area contributed by atoms with Crippen LogP contribution in [0.2, 0.25) is 0 Å². The van der Waals surface area contributed by atoms with Gasteiger partial charge in [0.25, 0.3) is 11.3 Å². The molecule has 2 aliphatic heterocycles. The highest BCUT2D eigenvalue weighted by Crippen LogP contribution is 2.21. The molecule has 168 valence electrons. The minimum absolute atomic E-state index is 0.192. The number of rotatable bonds is 3. The lowest BCUT2D eigenvalue weighted by atomic mass is 10.2. The van der Waals surface area contributed by atoms with Gasteiger partial charge in [-0.25, -0.2) is 9.78 Å². The number of piperazine rings is 1. The lowest BCUT2D eigenvalue weighted by molar-refractivity contribution is 0.0240. The molecule has 1 saturated heterocycles. The van der Waals surface area contributed by atoms with Gasteiger partial charge in [0.05, 0.1) is 12.3 Å². The molecule has 1 fully saturated rings. The zero-order valence-electron chi connectivity index (χ0n) is 18.6. The van der Waals surface area contributed by atoms with E-state index in [0.717, 1.165) is 12.8 Å². The molecule has 4 heterocycles. The fourth-order valence-electron chi connectivity index (χ4n) is 3.79. The lowest BCUT2D eigenvalue weighted by Gasteiger charge is -2.36. The number of allylic oxidation sites excluding steroid dienone is 1. The molecule has 0 unspecified atom stereocenters. The van der Waals surface area contributed by atoms with Crippen molar-refractivity contribution < 1.29 is 14.3 Å². The van der Waals surface area contributed by atoms with Crippen molar-refractivity contribution in [3.05, 3.63) is 27.9 Å². The summed E-state index contributed by atoms with van der Waals surface area (Å²) in [4.78, 5) is 38.5. The van der Waals surface area contributed by atoms with Crippen LogP contribution in [0.15, 0.2) is 10.9 Å². The van der Waals surface area contributed by atoms with Crippen molar-refractivity contribution in [3.8, 4) is 0 Å². The number of aromatic amines is 1. The number of H-pyrrole nitrogens is 1. The molecule has 4 rings (SSSR count). The van der Waals surface area contributed by atoms with Gasteiger partial charge in [0, 0.05) is 26.2 Å². The molecule has 0 aromatic carbocycles. The summed E-state index contributed by atoms with van der Waals surface area (Å²) in [6, 6.07) is 0. The molecule has 1 N–H and O–H groups in total. The van der Waals surface area contributed by atoms with Crippen LogP contribution in [0.4, 0.5) is 10.5 Å². The summed E-state index contributed by atoms with van der Waals surface area (Å²) in [6.45, 7) is 10.2. The lowest BCUT2D eigenvalue weighted by Crippen LogP contribution is -2.51. The third-order valence-corrected chi connectivity index (χ3v) is 5.30. The van der Waals surface area contributed by atoms with E-state index in [4.69, 9.17) is 9.47 Å². The first-order valence-electron chi connectivity index (χ1n) is 10.8. The fraction of sp³-hybridized carbons (Fsp3) is 0.619. The van der Waals surface area contributed by atoms with E-state index in [1.54, 1.807) is 4.90 Å². The van der Waals surface area contributed by atoms with E-state index in [-0.39, 0.29) is 11.7 Å². The number of nitrogens with zero attached hydrogens (tertiary/aromatic N) is 5. The number of hydrogen-bond donors (Lipinski definition) is 1. The number of nitrogens with one attached hydrogen (secondary N) is 1. The van der Waals surface area contributed by atoms with E-state index in [1.165, 1.54) is 4.52 Å². The summed E-state index contributed by atoms with van der Waals surface area (Å²) < 4.78 is 12.5. The van der Waals surface area contributed by atoms with E-state index in [9.17, 15) is 9.59 Å². The molecule has 10 nitrogen and oxygen atoms in total. The number of ether oxygens (including phenoxy) is 2. The monoisotopic (exact) mass is 430 g/mol. The fourth-order valence-corrected chi connectivity index (χ4v) is 3.79. The Kier molecular flexibility index (Phi) is 5.63. The molecule has 0 radical (unpaired) electrons. The number of fused-ring (bicyclic) bond motifs is 1. The van der Waals surface area contributed by atoms with E-state index in [2.05, 4.69) is 15.1 Å². The molecule has 0 saturated carbocycles. The second-order valence-electron chi connectivity index (χ2n) is 8.79. The van der Waals surface area contributed by atoms with Crippen LogP contribution >= 0.6 is 0 Å². The summed E-state index contributed by atoms with van der Waals surface area (Å²) in [6.07, 6.45) is 4.15. The first-order chi connectivity index (χ1) is 14.8. The summed E-state index contributed by atoms with van der Waals surface area (Å²) in [7, 11) is 0. The Morgan fingerprint density at radius 2 is 1.97 bits per heavy atom. The molecule has 2 aliphatic rings. The molecule has 1 amide bonds. The Hall–Kier alpha value is -3.04. The van der Waals surface area contributed by atoms with Crippen LogP contribution in [-0.4, -0.2) is 69.0 Å². The highest BCUT2D eigenvalue weighted by Gasteiger charge is 2.29. The van der Waals surface area contributed by atoms with Gasteiger partial charge in [-0.1, -0.05) is 6.92 Å². The Labute approximate surface area is 180 Å². The first-order valence-corrected chi connectivity index (χ1v) is 10.8. The number of aromatic nitrogens is 4. The van der Waals surface area contributed by atoms with Crippen LogP contribution in [0, 0.1) is 0 Å². The number of anilines is 1. The number of amides is 1. The molecule has 0 atom stereocenters. The van der Waals surface area contributed by atoms with Gasteiger partial charge in [0.15, 0.2) is 11.6 Å². The second kappa shape index (κ2) is 8.24. The topological polar surface area (TPSA) is 105 Å². The standard InChI is InChI=1S/C21H30N6O4/c1-5-14-16(25-9-11-26(12-10-25)20(29)31-21(2,3)4)18(28)27-19(22-14)23-17(24-27)15-8-6-7-13-30-15/h8H,5-7,9-13H2,1-4H3,(H,22,23,24). The number of carbonyl (C=O) groups excluding carboxylic acids is 1. The second-order valence-corrected chi connectivity index (χ2v) is 8.79. The SMILES string of the molecule is CCc1nc2nc(C3=CCCCO3)[nH]n2c(=O)c1N1CCN(C(=O)OC(C)(C)C)CC1. The zero-order valence-corrected chi connectivity index (χ0v) is 18.6. The summed E-state index contributed by atoms with van der Waals surface area (Å²) >= 11 is 0. The summed E-state index contributed by atoms with van der Waals surface area (Å²) in [5.74, 6) is 1.50. The number of carbonyl (C=O) groups is 1. The molecule has 2 aromatic rings. The Morgan fingerprint density at radius 1 is 1.23 bits per heavy atom. The first kappa shape index (κ1) is 21.2. The van der Waals surface area contributed by atoms with Crippen molar-refractivity contribution in [2.45, 2.75) is 52.6 Å². The van der Waals surface area contributed by atoms with Gasteiger partial charge in [-0.15, -0.1) is 0 Å². The van der Waals surface area contributed by atoms with Gasteiger partial charge in [-0.3, -0.25) is 9.89 Å². The molecular formula is C21H30N6O4. The smallest absolute Gasteiger partial charge is 0.410 e. The molecule has 31 heavy (non-hydrogen) atoms. The van der Waals surface area contributed by atoms with Crippen molar-refractivity contribution in [2.75, 3.05) is 37.7 Å². The largest absolute Gasteiger partial charge is 0.490 e. The predicted molar refractivity (Wildman–Crippen MR) is 116 cm³/mol. The van der Waals surface area contributed by atoms with E-state index in [1.807, 2.05) is 38.7 Å². The van der Waals surface area contributed by atoms with E-state index < -0.39 is 5.60 Å². The molecule has 0 spiro atoms. The van der Waals surface area contributed by atoms with Gasteiger partial charge >= 0.3 is 6.09 Å². The number of hydrogen-bond acceptors (Lipinski definition) is 7. The van der Waals surface area contributed by atoms with Crippen LogP contribution in [0.5, 0.6) is 0 Å². The molecular weight excluding hydrogens is 400 g/mol. The van der Waals surface area contributed by atoms with Gasteiger partial charge in [-0.05, 0) is 46.1 Å². The maximum absolute atomic E-state index is 13.4. The minimum Gasteiger partial charge on any atom is -0.490 e. The van der Waals surface area contributed by atoms with Crippen LogP contribution in [0.25, 0.3) is 11.5 Å². The van der Waals surface area contributed by atoms with E-state index in [0.29, 0.717) is 67.9 Å². The van der Waals surface area contributed by atoms with Gasteiger partial charge in [0.2, 0.25) is 0 Å². The van der Waals surface area contributed by atoms with Crippen molar-refractivity contribution in [1.82, 2.24) is 24.5 Å². The molecule has 10 heteroatoms. The summed E-state index contributed by atoms with van der Waals surface area (Å²) in [5.41, 5.74) is 0.528. The van der Waals surface area contributed by atoms with E-state index >= 15 is 0 Å². The average molecular weight is 431 g/mol. The van der Waals surface area contributed by atoms with Crippen LogP contribution in [-0.2, 0) is 15.9 Å². The summed E-state index contributed by atoms with van der Waals surface area (Å²) in [5, 5.41) is 3.04. The number of aryl methyl sites for hydroxylation is 1. The van der Waals surface area contributed by atoms with Crippen LogP contribution in [0.3, 0.4) is 0 Å². The zero-order chi connectivity index (χ0) is 22.2. The normalized spacial score (nSPS) is 17.5. The van der Waals surface area contributed by atoms with Crippen LogP contribution in [0.1, 0.15) is 52.1 Å². The van der Waals surface area contributed by atoms with Gasteiger partial charge in [-0.2, -0.15) is 9.50 Å². The van der Waals surface area contributed by atoms with Crippen molar-refractivity contribution >= 4 is 23.3 Å². The van der Waals surface area contributed by atoms with Crippen LogP contribution < -0.4 is 10.5 Å². The Balaban J connectivity index is 1.59. The third kappa shape index (κ3) is 4.38. The maximum atomic E-state index is 13.4. The highest BCUT2D eigenvalue weighted by molar-refractivity contribution is 5.68. The molecule has 0 aliphatic carbocycles. The maximum Gasteiger partial charge on any atom is 0.410 e. The quantitative estimate of drug-likeness (QED) is 0.796. The Bertz CT molecular complexity index is 1060. The highest BCUT2D eigenvalue weighted by atomic mass is 16.6. The van der Waals surface area contributed by atoms with Gasteiger partial charge in [0.1, 0.15) is 11.3 Å². The molecule has 2 aromatic heterocycles. The van der Waals surface area contributed by atoms with Gasteiger partial charge < -0.3 is 19.3 Å². The average Bonchev–Trinajstić information content (AvgIpc) is 3.18. The molecule has 0 bridgehead atoms. The Morgan fingerprint density at radius 3 is 2.58 bits per heavy atom. The third-order valence-electron chi connectivity index (χ3n) is 5.30. The van der Waals surface area contributed by atoms with Crippen molar-refractivity contribution in [2.24, 2.45) is 0 Å². The minimum atomic E-state index is -0.535. The van der Waals surface area contributed by atoms with Crippen molar-refractivity contribution in [3.63, 3.8) is 0 Å². The van der Waals surface area contributed by atoms with Crippen molar-refractivity contribution in [1.29, 1.82) is 0 Å².